The highest BCUT2D eigenvalue weighted by molar-refractivity contribution is 9.10. The van der Waals surface area contributed by atoms with Crippen LogP contribution in [0, 0.1) is 10.1 Å². The van der Waals surface area contributed by atoms with Gasteiger partial charge in [-0.25, -0.2) is 4.98 Å². The molecule has 0 aliphatic rings. The van der Waals surface area contributed by atoms with E-state index >= 15 is 0 Å². The number of rotatable bonds is 5. The summed E-state index contributed by atoms with van der Waals surface area (Å²) < 4.78 is 6.15. The molecular formula is C10H10BrN3O3S. The first-order valence-electron chi connectivity index (χ1n) is 5.09. The van der Waals surface area contributed by atoms with Crippen molar-refractivity contribution in [2.24, 2.45) is 0 Å². The molecular weight excluding hydrogens is 322 g/mol. The van der Waals surface area contributed by atoms with Gasteiger partial charge in [-0.2, -0.15) is 0 Å². The van der Waals surface area contributed by atoms with Gasteiger partial charge in [0.25, 0.3) is 5.69 Å². The van der Waals surface area contributed by atoms with Gasteiger partial charge in [0, 0.05) is 19.7 Å². The maximum atomic E-state index is 10.8. The van der Waals surface area contributed by atoms with E-state index in [4.69, 9.17) is 4.74 Å². The van der Waals surface area contributed by atoms with Crippen LogP contribution in [0.2, 0.25) is 0 Å². The van der Waals surface area contributed by atoms with Crippen molar-refractivity contribution in [3.05, 3.63) is 26.7 Å². The standard InChI is InChI=1S/C10H10BrN3O3S/c1-17-3-2-12-10-13-7-4-6(11)8(14(15)16)5-9(7)18-10/h4-5H,2-3H2,1H3,(H,12,13). The smallest absolute Gasteiger partial charge is 0.285 e. The van der Waals surface area contributed by atoms with Gasteiger partial charge < -0.3 is 10.1 Å². The molecule has 0 aliphatic heterocycles. The summed E-state index contributed by atoms with van der Waals surface area (Å²) in [4.78, 5) is 14.7. The molecule has 18 heavy (non-hydrogen) atoms. The number of nitrogens with one attached hydrogen (secondary N) is 1. The minimum absolute atomic E-state index is 0.0505. The molecule has 1 aromatic carbocycles. The predicted octanol–water partition coefficient (Wildman–Crippen LogP) is 3.03. The van der Waals surface area contributed by atoms with Gasteiger partial charge in [0.2, 0.25) is 0 Å². The van der Waals surface area contributed by atoms with Crippen molar-refractivity contribution in [3.8, 4) is 0 Å². The number of nitrogens with zero attached hydrogens (tertiary/aromatic N) is 2. The van der Waals surface area contributed by atoms with Crippen LogP contribution < -0.4 is 5.32 Å². The maximum Gasteiger partial charge on any atom is 0.285 e. The zero-order valence-corrected chi connectivity index (χ0v) is 11.9. The molecule has 1 aromatic heterocycles. The first kappa shape index (κ1) is 13.2. The second-order valence-corrected chi connectivity index (χ2v) is 5.35. The van der Waals surface area contributed by atoms with Crippen LogP contribution in [0.1, 0.15) is 0 Å². The van der Waals surface area contributed by atoms with Gasteiger partial charge in [0.15, 0.2) is 5.13 Å². The number of nitro benzene ring substituents is 1. The lowest BCUT2D eigenvalue weighted by Crippen LogP contribution is -2.06. The molecule has 1 heterocycles. The Balaban J connectivity index is 2.30. The molecule has 0 amide bonds. The maximum absolute atomic E-state index is 10.8. The van der Waals surface area contributed by atoms with E-state index in [1.807, 2.05) is 0 Å². The highest BCUT2D eigenvalue weighted by Gasteiger charge is 2.15. The Morgan fingerprint density at radius 2 is 2.39 bits per heavy atom. The number of anilines is 1. The highest BCUT2D eigenvalue weighted by atomic mass is 79.9. The van der Waals surface area contributed by atoms with E-state index in [1.165, 1.54) is 17.4 Å². The largest absolute Gasteiger partial charge is 0.383 e. The van der Waals surface area contributed by atoms with Crippen molar-refractivity contribution in [1.82, 2.24) is 4.98 Å². The zero-order valence-electron chi connectivity index (χ0n) is 9.47. The van der Waals surface area contributed by atoms with Crippen molar-refractivity contribution in [2.45, 2.75) is 0 Å². The summed E-state index contributed by atoms with van der Waals surface area (Å²) in [5, 5.41) is 14.6. The van der Waals surface area contributed by atoms with Crippen LogP contribution in [0.5, 0.6) is 0 Å². The van der Waals surface area contributed by atoms with Crippen LogP contribution in [-0.2, 0) is 4.74 Å². The Morgan fingerprint density at radius 1 is 1.61 bits per heavy atom. The van der Waals surface area contributed by atoms with E-state index in [2.05, 4.69) is 26.2 Å². The Kier molecular flexibility index (Phi) is 4.10. The van der Waals surface area contributed by atoms with Crippen molar-refractivity contribution >= 4 is 48.3 Å². The molecule has 0 radical (unpaired) electrons. The second kappa shape index (κ2) is 5.59. The monoisotopic (exact) mass is 331 g/mol. The third-order valence-corrected chi connectivity index (χ3v) is 3.85. The lowest BCUT2D eigenvalue weighted by Gasteiger charge is -1.99. The molecule has 1 N–H and O–H groups in total. The van der Waals surface area contributed by atoms with Gasteiger partial charge in [-0.1, -0.05) is 11.3 Å². The Labute approximate surface area is 115 Å². The summed E-state index contributed by atoms with van der Waals surface area (Å²) in [6.45, 7) is 1.24. The van der Waals surface area contributed by atoms with Crippen LogP contribution in [0.4, 0.5) is 10.8 Å². The lowest BCUT2D eigenvalue weighted by atomic mass is 10.3. The number of halogens is 1. The van der Waals surface area contributed by atoms with Crippen LogP contribution >= 0.6 is 27.3 Å². The predicted molar refractivity (Wildman–Crippen MR) is 74.3 cm³/mol. The molecule has 0 unspecified atom stereocenters. The molecule has 0 aliphatic carbocycles. The summed E-state index contributed by atoms with van der Waals surface area (Å²) in [5.41, 5.74) is 0.784. The third-order valence-electron chi connectivity index (χ3n) is 2.24. The molecule has 0 fully saturated rings. The Morgan fingerprint density at radius 3 is 3.06 bits per heavy atom. The number of hydrogen-bond donors (Lipinski definition) is 1. The molecule has 0 saturated heterocycles. The van der Waals surface area contributed by atoms with Crippen molar-refractivity contribution in [3.63, 3.8) is 0 Å². The summed E-state index contributed by atoms with van der Waals surface area (Å²) in [7, 11) is 1.63. The molecule has 8 heteroatoms. The quantitative estimate of drug-likeness (QED) is 0.517. The summed E-state index contributed by atoms with van der Waals surface area (Å²) >= 11 is 4.56. The molecule has 0 spiro atoms. The number of aromatic nitrogens is 1. The average molecular weight is 332 g/mol. The number of thiazole rings is 1. The van der Waals surface area contributed by atoms with Crippen LogP contribution in [0.25, 0.3) is 10.2 Å². The van der Waals surface area contributed by atoms with E-state index < -0.39 is 4.92 Å². The minimum atomic E-state index is -0.415. The van der Waals surface area contributed by atoms with E-state index in [0.717, 1.165) is 15.3 Å². The normalized spacial score (nSPS) is 10.8. The first-order valence-corrected chi connectivity index (χ1v) is 6.70. The average Bonchev–Trinajstić information content (AvgIpc) is 2.69. The Hall–Kier alpha value is -1.25. The topological polar surface area (TPSA) is 77.3 Å². The molecule has 0 saturated carbocycles. The number of ether oxygens (including phenoxy) is 1. The molecule has 2 rings (SSSR count). The van der Waals surface area contributed by atoms with Gasteiger partial charge in [-0.15, -0.1) is 0 Å². The molecule has 0 atom stereocenters. The number of nitro groups is 1. The fourth-order valence-corrected chi connectivity index (χ4v) is 2.80. The van der Waals surface area contributed by atoms with Gasteiger partial charge in [-0.05, 0) is 22.0 Å². The fourth-order valence-electron chi connectivity index (χ4n) is 1.41. The molecule has 2 aromatic rings. The SMILES string of the molecule is COCCNc1nc2cc(Br)c([N+](=O)[O-])cc2s1. The third kappa shape index (κ3) is 2.77. The number of hydrogen-bond acceptors (Lipinski definition) is 6. The molecule has 0 bridgehead atoms. The second-order valence-electron chi connectivity index (χ2n) is 3.47. The van der Waals surface area contributed by atoms with Gasteiger partial charge in [0.05, 0.1) is 26.2 Å². The minimum Gasteiger partial charge on any atom is -0.383 e. The highest BCUT2D eigenvalue weighted by Crippen LogP contribution is 2.34. The summed E-state index contributed by atoms with van der Waals surface area (Å²) in [6.07, 6.45) is 0. The molecule has 6 nitrogen and oxygen atoms in total. The van der Waals surface area contributed by atoms with Crippen molar-refractivity contribution < 1.29 is 9.66 Å². The molecule has 96 valence electrons. The zero-order chi connectivity index (χ0) is 13.1. The van der Waals surface area contributed by atoms with Crippen LogP contribution in [0.3, 0.4) is 0 Å². The van der Waals surface area contributed by atoms with E-state index in [9.17, 15) is 10.1 Å². The number of fused-ring (bicyclic) bond motifs is 1. The fraction of sp³-hybridized carbons (Fsp3) is 0.300. The first-order chi connectivity index (χ1) is 8.61. The lowest BCUT2D eigenvalue weighted by molar-refractivity contribution is -0.385. The summed E-state index contributed by atoms with van der Waals surface area (Å²) in [5.74, 6) is 0. The van der Waals surface area contributed by atoms with Crippen molar-refractivity contribution in [2.75, 3.05) is 25.6 Å². The van der Waals surface area contributed by atoms with Crippen molar-refractivity contribution in [1.29, 1.82) is 0 Å². The summed E-state index contributed by atoms with van der Waals surface area (Å²) in [6, 6.07) is 3.18. The van der Waals surface area contributed by atoms with Gasteiger partial charge in [0.1, 0.15) is 0 Å². The van der Waals surface area contributed by atoms with Gasteiger partial charge >= 0.3 is 0 Å². The number of methoxy groups -OCH3 is 1. The van der Waals surface area contributed by atoms with Crippen LogP contribution in [-0.4, -0.2) is 30.2 Å². The van der Waals surface area contributed by atoms with E-state index in [0.29, 0.717) is 17.6 Å². The number of benzene rings is 1. The van der Waals surface area contributed by atoms with Gasteiger partial charge in [-0.3, -0.25) is 10.1 Å². The van der Waals surface area contributed by atoms with E-state index in [-0.39, 0.29) is 5.69 Å². The van der Waals surface area contributed by atoms with E-state index in [1.54, 1.807) is 13.2 Å². The van der Waals surface area contributed by atoms with Crippen LogP contribution in [0.15, 0.2) is 16.6 Å². The Bertz CT molecular complexity index is 587.